The van der Waals surface area contributed by atoms with Crippen LogP contribution in [0.15, 0.2) is 22.7 Å². The predicted octanol–water partition coefficient (Wildman–Crippen LogP) is 3.61. The van der Waals surface area contributed by atoms with Gasteiger partial charge >= 0.3 is 5.97 Å². The zero-order valence-electron chi connectivity index (χ0n) is 10.8. The minimum absolute atomic E-state index is 0.185. The maximum Gasteiger partial charge on any atom is 0.316 e. The molecule has 0 atom stereocenters. The van der Waals surface area contributed by atoms with Gasteiger partial charge in [0.1, 0.15) is 5.60 Å². The van der Waals surface area contributed by atoms with Gasteiger partial charge in [-0.2, -0.15) is 0 Å². The summed E-state index contributed by atoms with van der Waals surface area (Å²) in [5.41, 5.74) is 7.14. The maximum atomic E-state index is 11.5. The quantitative estimate of drug-likeness (QED) is 0.676. The number of rotatable bonds is 4. The summed E-state index contributed by atoms with van der Waals surface area (Å²) < 4.78 is 6.18. The Balaban J connectivity index is 2.40. The molecule has 0 aliphatic heterocycles. The number of carbonyl (C=O) groups is 1. The minimum Gasteiger partial charge on any atom is -0.459 e. The highest BCUT2D eigenvalue weighted by atomic mass is 79.9. The van der Waals surface area contributed by atoms with Gasteiger partial charge in [0.2, 0.25) is 0 Å². The molecule has 0 unspecified atom stereocenters. The first-order chi connectivity index (χ1) is 8.26. The topological polar surface area (TPSA) is 52.3 Å². The van der Waals surface area contributed by atoms with Crippen LogP contribution in [0.5, 0.6) is 0 Å². The highest BCUT2D eigenvalue weighted by Gasteiger charge is 2.15. The number of hydrogen-bond donors (Lipinski definition) is 1. The lowest BCUT2D eigenvalue weighted by atomic mass is 10.2. The lowest BCUT2D eigenvalue weighted by molar-refractivity contribution is -0.151. The fraction of sp³-hybridized carbons (Fsp3) is 0.462. The Hall–Kier alpha value is -0.680. The van der Waals surface area contributed by atoms with Crippen LogP contribution in [0.4, 0.5) is 5.69 Å². The summed E-state index contributed by atoms with van der Waals surface area (Å²) in [6.07, 6.45) is 0. The number of anilines is 1. The Kier molecular flexibility index (Phi) is 5.53. The molecule has 0 aromatic heterocycles. The van der Waals surface area contributed by atoms with E-state index in [-0.39, 0.29) is 5.97 Å². The molecule has 3 nitrogen and oxygen atoms in total. The highest BCUT2D eigenvalue weighted by molar-refractivity contribution is 9.10. The van der Waals surface area contributed by atoms with Crippen molar-refractivity contribution in [3.63, 3.8) is 0 Å². The van der Waals surface area contributed by atoms with Crippen LogP contribution in [0.25, 0.3) is 0 Å². The van der Waals surface area contributed by atoms with Gasteiger partial charge in [0, 0.05) is 15.9 Å². The molecule has 0 radical (unpaired) electrons. The first-order valence-electron chi connectivity index (χ1n) is 5.61. The Morgan fingerprint density at radius 3 is 2.61 bits per heavy atom. The largest absolute Gasteiger partial charge is 0.459 e. The van der Waals surface area contributed by atoms with Crippen molar-refractivity contribution in [2.45, 2.75) is 32.1 Å². The molecule has 100 valence electrons. The van der Waals surface area contributed by atoms with Gasteiger partial charge < -0.3 is 10.5 Å². The summed E-state index contributed by atoms with van der Waals surface area (Å²) in [6.45, 7) is 5.60. The fourth-order valence-corrected chi connectivity index (χ4v) is 2.67. The third-order valence-electron chi connectivity index (χ3n) is 1.89. The van der Waals surface area contributed by atoms with Gasteiger partial charge in [-0.15, -0.1) is 11.8 Å². The second-order valence-electron chi connectivity index (χ2n) is 4.97. The van der Waals surface area contributed by atoms with Crippen LogP contribution in [0, 0.1) is 0 Å². The third-order valence-corrected chi connectivity index (χ3v) is 3.32. The number of benzene rings is 1. The average molecular weight is 332 g/mol. The number of nitrogen functional groups attached to an aromatic ring is 1. The molecular formula is C13H18BrNO2S. The lowest BCUT2D eigenvalue weighted by Crippen LogP contribution is -2.24. The molecule has 0 fully saturated rings. The Bertz CT molecular complexity index is 409. The zero-order valence-corrected chi connectivity index (χ0v) is 13.2. The van der Waals surface area contributed by atoms with Crippen LogP contribution in [0.2, 0.25) is 0 Å². The monoisotopic (exact) mass is 331 g/mol. The maximum absolute atomic E-state index is 11.5. The van der Waals surface area contributed by atoms with E-state index < -0.39 is 5.60 Å². The van der Waals surface area contributed by atoms with E-state index in [1.165, 1.54) is 11.8 Å². The molecule has 0 aliphatic carbocycles. The first-order valence-corrected chi connectivity index (χ1v) is 7.55. The molecule has 5 heteroatoms. The Morgan fingerprint density at radius 1 is 1.39 bits per heavy atom. The molecule has 0 spiro atoms. The van der Waals surface area contributed by atoms with E-state index in [0.29, 0.717) is 5.75 Å². The number of ether oxygens (including phenoxy) is 1. The average Bonchev–Trinajstić information content (AvgIpc) is 2.12. The molecule has 1 aromatic carbocycles. The van der Waals surface area contributed by atoms with E-state index >= 15 is 0 Å². The summed E-state index contributed by atoms with van der Waals surface area (Å²) in [6, 6.07) is 5.76. The molecule has 1 rings (SSSR count). The summed E-state index contributed by atoms with van der Waals surface area (Å²) in [5.74, 6) is 0.905. The summed E-state index contributed by atoms with van der Waals surface area (Å²) in [7, 11) is 0. The molecule has 0 aliphatic rings. The van der Waals surface area contributed by atoms with Gasteiger partial charge in [-0.05, 0) is 44.5 Å². The molecule has 1 aromatic rings. The van der Waals surface area contributed by atoms with E-state index in [4.69, 9.17) is 10.5 Å². The fourth-order valence-electron chi connectivity index (χ4n) is 1.38. The smallest absolute Gasteiger partial charge is 0.316 e. The van der Waals surface area contributed by atoms with E-state index in [1.54, 1.807) is 0 Å². The number of carbonyl (C=O) groups excluding carboxylic acids is 1. The molecule has 2 N–H and O–H groups in total. The molecule has 0 heterocycles. The summed E-state index contributed by atoms with van der Waals surface area (Å²) in [5, 5.41) is 0. The number of hydrogen-bond acceptors (Lipinski definition) is 4. The van der Waals surface area contributed by atoms with Crippen LogP contribution in [0.3, 0.4) is 0 Å². The van der Waals surface area contributed by atoms with Gasteiger partial charge in [-0.1, -0.05) is 15.9 Å². The predicted molar refractivity (Wildman–Crippen MR) is 80.6 cm³/mol. The van der Waals surface area contributed by atoms with E-state index in [2.05, 4.69) is 15.9 Å². The second kappa shape index (κ2) is 6.48. The van der Waals surface area contributed by atoms with Crippen LogP contribution in [-0.2, 0) is 15.3 Å². The van der Waals surface area contributed by atoms with Crippen LogP contribution >= 0.6 is 27.7 Å². The van der Waals surface area contributed by atoms with Crippen molar-refractivity contribution < 1.29 is 9.53 Å². The number of halogens is 1. The van der Waals surface area contributed by atoms with Crippen molar-refractivity contribution in [1.82, 2.24) is 0 Å². The van der Waals surface area contributed by atoms with Crippen molar-refractivity contribution in [3.05, 3.63) is 28.2 Å². The summed E-state index contributed by atoms with van der Waals surface area (Å²) in [4.78, 5) is 11.5. The van der Waals surface area contributed by atoms with E-state index in [1.807, 2.05) is 39.0 Å². The standard InChI is InChI=1S/C13H18BrNO2S/c1-13(2,3)17-12(16)8-18-7-9-4-10(14)6-11(15)5-9/h4-6H,7-8,15H2,1-3H3. The lowest BCUT2D eigenvalue weighted by Gasteiger charge is -2.19. The van der Waals surface area contributed by atoms with Crippen molar-refractivity contribution in [1.29, 1.82) is 0 Å². The molecule has 0 amide bonds. The van der Waals surface area contributed by atoms with Crippen molar-refractivity contribution >= 4 is 39.3 Å². The van der Waals surface area contributed by atoms with Crippen LogP contribution < -0.4 is 5.73 Å². The van der Waals surface area contributed by atoms with Gasteiger partial charge in [0.15, 0.2) is 0 Å². The first kappa shape index (κ1) is 15.4. The van der Waals surface area contributed by atoms with E-state index in [0.717, 1.165) is 21.5 Å². The minimum atomic E-state index is -0.419. The number of esters is 1. The molecule has 18 heavy (non-hydrogen) atoms. The van der Waals surface area contributed by atoms with Crippen molar-refractivity contribution in [3.8, 4) is 0 Å². The molecule has 0 saturated heterocycles. The molecular weight excluding hydrogens is 314 g/mol. The van der Waals surface area contributed by atoms with Gasteiger partial charge in [0.05, 0.1) is 5.75 Å². The molecule has 0 saturated carbocycles. The van der Waals surface area contributed by atoms with Gasteiger partial charge in [0.25, 0.3) is 0 Å². The normalized spacial score (nSPS) is 11.3. The van der Waals surface area contributed by atoms with Gasteiger partial charge in [-0.3, -0.25) is 4.79 Å². The van der Waals surface area contributed by atoms with Crippen molar-refractivity contribution in [2.75, 3.05) is 11.5 Å². The Morgan fingerprint density at radius 2 is 2.06 bits per heavy atom. The van der Waals surface area contributed by atoms with E-state index in [9.17, 15) is 4.79 Å². The number of thioether (sulfide) groups is 1. The van der Waals surface area contributed by atoms with Crippen LogP contribution in [0.1, 0.15) is 26.3 Å². The Labute approximate surface area is 121 Å². The second-order valence-corrected chi connectivity index (χ2v) is 6.87. The summed E-state index contributed by atoms with van der Waals surface area (Å²) >= 11 is 4.91. The van der Waals surface area contributed by atoms with Crippen LogP contribution in [-0.4, -0.2) is 17.3 Å². The van der Waals surface area contributed by atoms with Crippen molar-refractivity contribution in [2.24, 2.45) is 0 Å². The highest BCUT2D eigenvalue weighted by Crippen LogP contribution is 2.21. The molecule has 0 bridgehead atoms. The number of nitrogens with two attached hydrogens (primary N) is 1. The zero-order chi connectivity index (χ0) is 13.8. The third kappa shape index (κ3) is 6.31. The SMILES string of the molecule is CC(C)(C)OC(=O)CSCc1cc(N)cc(Br)c1. The van der Waals surface area contributed by atoms with Gasteiger partial charge in [-0.25, -0.2) is 0 Å².